The number of esters is 1. The summed E-state index contributed by atoms with van der Waals surface area (Å²) < 4.78 is 28.1. The van der Waals surface area contributed by atoms with Gasteiger partial charge in [0.15, 0.2) is 0 Å². The second-order valence-electron chi connectivity index (χ2n) is 3.29. The van der Waals surface area contributed by atoms with E-state index in [1.807, 2.05) is 0 Å². The van der Waals surface area contributed by atoms with Crippen LogP contribution in [0, 0.1) is 0 Å². The molecular formula is C8H19ClN2O4S. The number of nitrogens with two attached hydrogens (primary N) is 1. The molecule has 0 saturated heterocycles. The third kappa shape index (κ3) is 10.2. The van der Waals surface area contributed by atoms with E-state index in [0.717, 1.165) is 6.26 Å². The van der Waals surface area contributed by atoms with Crippen molar-refractivity contribution in [3.63, 3.8) is 0 Å². The molecule has 6 nitrogen and oxygen atoms in total. The summed E-state index contributed by atoms with van der Waals surface area (Å²) in [6.07, 6.45) is 2.93. The maximum atomic E-state index is 10.9. The standard InChI is InChI=1S/C8H18N2O4S.ClH/c1-14-8(11)7(9)5-3-4-6-10-15(2,12)13;/h7,10H,3-6,9H2,1-2H3;1H/t7-;/m0./s1. The van der Waals surface area contributed by atoms with Gasteiger partial charge in [0.2, 0.25) is 10.0 Å². The van der Waals surface area contributed by atoms with Crippen LogP contribution in [0.25, 0.3) is 0 Å². The third-order valence-electron chi connectivity index (χ3n) is 1.81. The largest absolute Gasteiger partial charge is 0.468 e. The van der Waals surface area contributed by atoms with Crippen molar-refractivity contribution in [3.8, 4) is 0 Å². The molecule has 1 atom stereocenters. The predicted octanol–water partition coefficient (Wildman–Crippen LogP) is -0.372. The molecule has 0 aromatic carbocycles. The molecule has 0 amide bonds. The van der Waals surface area contributed by atoms with Crippen molar-refractivity contribution in [1.29, 1.82) is 0 Å². The molecule has 8 heteroatoms. The molecule has 0 bridgehead atoms. The number of halogens is 1. The number of nitrogens with one attached hydrogen (secondary N) is 1. The van der Waals surface area contributed by atoms with E-state index >= 15 is 0 Å². The third-order valence-corrected chi connectivity index (χ3v) is 2.54. The first-order chi connectivity index (χ1) is 6.87. The monoisotopic (exact) mass is 274 g/mol. The van der Waals surface area contributed by atoms with Crippen LogP contribution in [0.5, 0.6) is 0 Å². The zero-order valence-electron chi connectivity index (χ0n) is 9.43. The number of ether oxygens (including phenoxy) is 1. The Bertz CT molecular complexity index is 294. The van der Waals surface area contributed by atoms with Crippen LogP contribution < -0.4 is 10.5 Å². The molecule has 0 aliphatic rings. The quantitative estimate of drug-likeness (QED) is 0.487. The predicted molar refractivity (Wildman–Crippen MR) is 63.9 cm³/mol. The van der Waals surface area contributed by atoms with Gasteiger partial charge in [-0.25, -0.2) is 13.1 Å². The van der Waals surface area contributed by atoms with Crippen LogP contribution in [0.1, 0.15) is 19.3 Å². The lowest BCUT2D eigenvalue weighted by Crippen LogP contribution is -2.31. The molecule has 0 heterocycles. The smallest absolute Gasteiger partial charge is 0.322 e. The van der Waals surface area contributed by atoms with Crippen LogP contribution in [0.2, 0.25) is 0 Å². The molecule has 0 rings (SSSR count). The number of carbonyl (C=O) groups excluding carboxylic acids is 1. The van der Waals surface area contributed by atoms with Crippen molar-refractivity contribution < 1.29 is 17.9 Å². The number of hydrogen-bond donors (Lipinski definition) is 2. The van der Waals surface area contributed by atoms with Gasteiger partial charge in [0.25, 0.3) is 0 Å². The fourth-order valence-corrected chi connectivity index (χ4v) is 1.53. The second-order valence-corrected chi connectivity index (χ2v) is 5.12. The van der Waals surface area contributed by atoms with Gasteiger partial charge in [-0.3, -0.25) is 4.79 Å². The van der Waals surface area contributed by atoms with Crippen LogP contribution in [-0.4, -0.2) is 40.3 Å². The van der Waals surface area contributed by atoms with E-state index in [2.05, 4.69) is 9.46 Å². The summed E-state index contributed by atoms with van der Waals surface area (Å²) in [5.41, 5.74) is 5.48. The Labute approximate surface area is 102 Å². The van der Waals surface area contributed by atoms with Crippen molar-refractivity contribution >= 4 is 28.4 Å². The van der Waals surface area contributed by atoms with E-state index in [1.54, 1.807) is 0 Å². The molecule has 0 radical (unpaired) electrons. The Morgan fingerprint density at radius 2 is 2.00 bits per heavy atom. The number of rotatable bonds is 7. The van der Waals surface area contributed by atoms with Crippen LogP contribution in [0.4, 0.5) is 0 Å². The molecule has 0 spiro atoms. The van der Waals surface area contributed by atoms with Gasteiger partial charge in [-0.15, -0.1) is 12.4 Å². The summed E-state index contributed by atoms with van der Waals surface area (Å²) >= 11 is 0. The summed E-state index contributed by atoms with van der Waals surface area (Å²) in [7, 11) is -1.83. The van der Waals surface area contributed by atoms with Crippen molar-refractivity contribution in [2.75, 3.05) is 19.9 Å². The zero-order chi connectivity index (χ0) is 11.9. The van der Waals surface area contributed by atoms with Crippen LogP contribution in [0.15, 0.2) is 0 Å². The van der Waals surface area contributed by atoms with Crippen molar-refractivity contribution in [2.24, 2.45) is 5.73 Å². The lowest BCUT2D eigenvalue weighted by molar-refractivity contribution is -0.142. The van der Waals surface area contributed by atoms with Crippen LogP contribution in [0.3, 0.4) is 0 Å². The molecule has 3 N–H and O–H groups in total. The van der Waals surface area contributed by atoms with Crippen LogP contribution >= 0.6 is 12.4 Å². The van der Waals surface area contributed by atoms with Gasteiger partial charge in [0, 0.05) is 6.54 Å². The van der Waals surface area contributed by atoms with Gasteiger partial charge in [0.1, 0.15) is 6.04 Å². The average Bonchev–Trinajstić information content (AvgIpc) is 2.14. The SMILES string of the molecule is COC(=O)[C@@H](N)CCCCNS(C)(=O)=O.Cl. The van der Waals surface area contributed by atoms with E-state index in [4.69, 9.17) is 5.73 Å². The summed E-state index contributed by atoms with van der Waals surface area (Å²) in [6, 6.07) is -0.617. The number of methoxy groups -OCH3 is 1. The highest BCUT2D eigenvalue weighted by atomic mass is 35.5. The Kier molecular flexibility index (Phi) is 9.84. The summed E-state index contributed by atoms with van der Waals surface area (Å²) in [4.78, 5) is 10.9. The first kappa shape index (κ1) is 18.0. The lowest BCUT2D eigenvalue weighted by Gasteiger charge is -2.08. The zero-order valence-corrected chi connectivity index (χ0v) is 11.1. The Hall–Kier alpha value is -0.370. The fraction of sp³-hybridized carbons (Fsp3) is 0.875. The number of unbranched alkanes of at least 4 members (excludes halogenated alkanes) is 1. The molecule has 0 aliphatic heterocycles. The number of carbonyl (C=O) groups is 1. The number of hydrogen-bond acceptors (Lipinski definition) is 5. The highest BCUT2D eigenvalue weighted by molar-refractivity contribution is 7.88. The van der Waals surface area contributed by atoms with E-state index in [-0.39, 0.29) is 12.4 Å². The average molecular weight is 275 g/mol. The highest BCUT2D eigenvalue weighted by Gasteiger charge is 2.12. The van der Waals surface area contributed by atoms with Gasteiger partial charge >= 0.3 is 5.97 Å². The van der Waals surface area contributed by atoms with E-state index in [9.17, 15) is 13.2 Å². The maximum absolute atomic E-state index is 10.9. The molecule has 0 aromatic heterocycles. The first-order valence-corrected chi connectivity index (χ1v) is 6.54. The minimum absolute atomic E-state index is 0. The molecule has 16 heavy (non-hydrogen) atoms. The molecule has 98 valence electrons. The summed E-state index contributed by atoms with van der Waals surface area (Å²) in [5.74, 6) is -0.439. The van der Waals surface area contributed by atoms with Crippen LogP contribution in [-0.2, 0) is 19.6 Å². The molecule has 0 saturated carbocycles. The van der Waals surface area contributed by atoms with Crippen molar-refractivity contribution in [3.05, 3.63) is 0 Å². The van der Waals surface area contributed by atoms with E-state index in [1.165, 1.54) is 7.11 Å². The Balaban J connectivity index is 0. The number of sulfonamides is 1. The summed E-state index contributed by atoms with van der Waals surface area (Å²) in [5, 5.41) is 0. The minimum Gasteiger partial charge on any atom is -0.468 e. The van der Waals surface area contributed by atoms with E-state index < -0.39 is 22.0 Å². The molecule has 0 aliphatic carbocycles. The highest BCUT2D eigenvalue weighted by Crippen LogP contribution is 1.99. The molecule has 0 fully saturated rings. The molecule has 0 aromatic rings. The van der Waals surface area contributed by atoms with Crippen molar-refractivity contribution in [2.45, 2.75) is 25.3 Å². The Morgan fingerprint density at radius 3 is 2.44 bits per heavy atom. The van der Waals surface area contributed by atoms with Gasteiger partial charge in [-0.1, -0.05) is 6.42 Å². The minimum atomic E-state index is -3.12. The van der Waals surface area contributed by atoms with E-state index in [0.29, 0.717) is 25.8 Å². The van der Waals surface area contributed by atoms with Gasteiger partial charge in [0.05, 0.1) is 13.4 Å². The van der Waals surface area contributed by atoms with Crippen molar-refractivity contribution in [1.82, 2.24) is 4.72 Å². The fourth-order valence-electron chi connectivity index (χ4n) is 1.02. The molecular weight excluding hydrogens is 256 g/mol. The Morgan fingerprint density at radius 1 is 1.44 bits per heavy atom. The molecule has 0 unspecified atom stereocenters. The lowest BCUT2D eigenvalue weighted by atomic mass is 10.1. The topological polar surface area (TPSA) is 98.5 Å². The second kappa shape index (κ2) is 8.74. The van der Waals surface area contributed by atoms with Gasteiger partial charge in [-0.2, -0.15) is 0 Å². The first-order valence-electron chi connectivity index (χ1n) is 4.65. The normalized spacial score (nSPS) is 12.7. The van der Waals surface area contributed by atoms with Gasteiger partial charge < -0.3 is 10.5 Å². The van der Waals surface area contributed by atoms with Gasteiger partial charge in [-0.05, 0) is 12.8 Å². The maximum Gasteiger partial charge on any atom is 0.322 e. The summed E-state index contributed by atoms with van der Waals surface area (Å²) in [6.45, 7) is 0.368.